The SMILES string of the molecule is CCN(CC)CCCS(=O)(=O)N[C@H](CCc1ccccc1)c1n[nH]c(CNC2CCCC2)n1. The molecule has 1 heterocycles. The Balaban J connectivity index is 1.62. The van der Waals surface area contributed by atoms with E-state index in [1.165, 1.54) is 31.2 Å². The third kappa shape index (κ3) is 8.81. The number of nitrogens with one attached hydrogen (secondary N) is 3. The third-order valence-electron chi connectivity index (χ3n) is 6.44. The maximum Gasteiger partial charge on any atom is 0.212 e. The van der Waals surface area contributed by atoms with Crippen LogP contribution in [0.25, 0.3) is 0 Å². The summed E-state index contributed by atoms with van der Waals surface area (Å²) in [5.41, 5.74) is 1.17. The number of aryl methyl sites for hydroxylation is 1. The highest BCUT2D eigenvalue weighted by molar-refractivity contribution is 7.89. The van der Waals surface area contributed by atoms with Gasteiger partial charge in [-0.1, -0.05) is 57.0 Å². The fourth-order valence-electron chi connectivity index (χ4n) is 4.41. The standard InChI is InChI=1S/C24H40N6O2S/c1-3-30(4-2)17-10-18-33(31,32)29-22(16-15-20-11-6-5-7-12-20)24-26-23(27-28-24)19-25-21-13-8-9-14-21/h5-7,11-12,21-22,25,29H,3-4,8-10,13-19H2,1-2H3,(H,26,27,28)/t22-/m1/s1. The first-order valence-corrected chi connectivity index (χ1v) is 14.0. The molecule has 0 saturated heterocycles. The number of benzene rings is 1. The quantitative estimate of drug-likeness (QED) is 0.365. The molecular weight excluding hydrogens is 436 g/mol. The van der Waals surface area contributed by atoms with Crippen molar-refractivity contribution in [1.82, 2.24) is 30.1 Å². The predicted molar refractivity (Wildman–Crippen MR) is 132 cm³/mol. The van der Waals surface area contributed by atoms with Crippen LogP contribution in [-0.4, -0.2) is 59.9 Å². The van der Waals surface area contributed by atoms with Gasteiger partial charge in [0.2, 0.25) is 10.0 Å². The molecule has 184 valence electrons. The third-order valence-corrected chi connectivity index (χ3v) is 7.91. The highest BCUT2D eigenvalue weighted by Crippen LogP contribution is 2.20. The molecule has 0 aliphatic heterocycles. The van der Waals surface area contributed by atoms with E-state index in [-0.39, 0.29) is 5.75 Å². The van der Waals surface area contributed by atoms with Crippen molar-refractivity contribution < 1.29 is 8.42 Å². The lowest BCUT2D eigenvalue weighted by Crippen LogP contribution is -2.33. The zero-order valence-corrected chi connectivity index (χ0v) is 20.9. The van der Waals surface area contributed by atoms with Crippen molar-refractivity contribution in [3.05, 3.63) is 47.5 Å². The van der Waals surface area contributed by atoms with Crippen LogP contribution in [0.5, 0.6) is 0 Å². The fraction of sp³-hybridized carbons (Fsp3) is 0.667. The van der Waals surface area contributed by atoms with Crippen molar-refractivity contribution in [2.45, 2.75) is 77.4 Å². The molecule has 0 bridgehead atoms. The van der Waals surface area contributed by atoms with Gasteiger partial charge >= 0.3 is 0 Å². The van der Waals surface area contributed by atoms with Gasteiger partial charge in [-0.2, -0.15) is 5.10 Å². The molecule has 0 unspecified atom stereocenters. The number of rotatable bonds is 15. The molecule has 1 aliphatic rings. The fourth-order valence-corrected chi connectivity index (χ4v) is 5.69. The van der Waals surface area contributed by atoms with E-state index in [9.17, 15) is 8.42 Å². The maximum absolute atomic E-state index is 12.9. The van der Waals surface area contributed by atoms with Crippen LogP contribution in [0.2, 0.25) is 0 Å². The first-order valence-electron chi connectivity index (χ1n) is 12.4. The Morgan fingerprint density at radius 1 is 1.15 bits per heavy atom. The zero-order valence-electron chi connectivity index (χ0n) is 20.1. The molecule has 1 aromatic heterocycles. The minimum absolute atomic E-state index is 0.103. The summed E-state index contributed by atoms with van der Waals surface area (Å²) in [5.74, 6) is 1.37. The second-order valence-electron chi connectivity index (χ2n) is 8.90. The number of nitrogens with zero attached hydrogens (tertiary/aromatic N) is 3. The minimum atomic E-state index is -3.45. The molecule has 3 N–H and O–H groups in total. The Morgan fingerprint density at radius 3 is 2.58 bits per heavy atom. The van der Waals surface area contributed by atoms with Gasteiger partial charge in [0.1, 0.15) is 5.82 Å². The molecular formula is C24H40N6O2S. The molecule has 8 nitrogen and oxygen atoms in total. The summed E-state index contributed by atoms with van der Waals surface area (Å²) < 4.78 is 28.7. The lowest BCUT2D eigenvalue weighted by molar-refractivity contribution is 0.304. The molecule has 1 aliphatic carbocycles. The second kappa shape index (κ2) is 13.2. The van der Waals surface area contributed by atoms with Gasteiger partial charge in [0.05, 0.1) is 18.3 Å². The molecule has 0 spiro atoms. The van der Waals surface area contributed by atoms with E-state index in [0.29, 0.717) is 31.3 Å². The summed E-state index contributed by atoms with van der Waals surface area (Å²) in [5, 5.41) is 10.9. The number of aromatic amines is 1. The van der Waals surface area contributed by atoms with E-state index in [2.05, 4.69) is 56.1 Å². The maximum atomic E-state index is 12.9. The lowest BCUT2D eigenvalue weighted by atomic mass is 10.1. The van der Waals surface area contributed by atoms with Crippen LogP contribution >= 0.6 is 0 Å². The Hall–Kier alpha value is -1.81. The highest BCUT2D eigenvalue weighted by atomic mass is 32.2. The van der Waals surface area contributed by atoms with Gasteiger partial charge in [-0.25, -0.2) is 18.1 Å². The number of hydrogen-bond donors (Lipinski definition) is 3. The largest absolute Gasteiger partial charge is 0.307 e. The topological polar surface area (TPSA) is 103 Å². The van der Waals surface area contributed by atoms with Crippen molar-refractivity contribution >= 4 is 10.0 Å². The molecule has 0 radical (unpaired) electrons. The zero-order chi connectivity index (χ0) is 23.5. The minimum Gasteiger partial charge on any atom is -0.307 e. The molecule has 0 amide bonds. The van der Waals surface area contributed by atoms with E-state index in [1.807, 2.05) is 18.2 Å². The van der Waals surface area contributed by atoms with E-state index < -0.39 is 16.1 Å². The summed E-state index contributed by atoms with van der Waals surface area (Å²) in [7, 11) is -3.45. The predicted octanol–water partition coefficient (Wildman–Crippen LogP) is 3.16. The molecule has 33 heavy (non-hydrogen) atoms. The molecule has 2 aromatic rings. The summed E-state index contributed by atoms with van der Waals surface area (Å²) in [6.07, 6.45) is 6.91. The summed E-state index contributed by atoms with van der Waals surface area (Å²) in [4.78, 5) is 6.88. The van der Waals surface area contributed by atoms with Crippen molar-refractivity contribution in [3.63, 3.8) is 0 Å². The van der Waals surface area contributed by atoms with Crippen LogP contribution in [0.15, 0.2) is 30.3 Å². The lowest BCUT2D eigenvalue weighted by Gasteiger charge is -2.19. The molecule has 1 aromatic carbocycles. The average Bonchev–Trinajstić information content (AvgIpc) is 3.51. The average molecular weight is 477 g/mol. The van der Waals surface area contributed by atoms with E-state index in [4.69, 9.17) is 0 Å². The smallest absolute Gasteiger partial charge is 0.212 e. The van der Waals surface area contributed by atoms with Crippen molar-refractivity contribution in [2.75, 3.05) is 25.4 Å². The molecule has 1 atom stereocenters. The van der Waals surface area contributed by atoms with Crippen LogP contribution in [0.4, 0.5) is 0 Å². The summed E-state index contributed by atoms with van der Waals surface area (Å²) in [6.45, 7) is 7.45. The van der Waals surface area contributed by atoms with E-state index in [0.717, 1.165) is 31.9 Å². The van der Waals surface area contributed by atoms with Gasteiger partial charge in [0, 0.05) is 6.04 Å². The van der Waals surface area contributed by atoms with Crippen LogP contribution in [-0.2, 0) is 23.0 Å². The van der Waals surface area contributed by atoms with Crippen LogP contribution in [0.1, 0.15) is 75.6 Å². The molecule has 1 saturated carbocycles. The number of sulfonamides is 1. The molecule has 3 rings (SSSR count). The second-order valence-corrected chi connectivity index (χ2v) is 10.8. The summed E-state index contributed by atoms with van der Waals surface area (Å²) >= 11 is 0. The Kier molecular flexibility index (Phi) is 10.3. The highest BCUT2D eigenvalue weighted by Gasteiger charge is 2.24. The van der Waals surface area contributed by atoms with E-state index in [1.54, 1.807) is 0 Å². The first-order chi connectivity index (χ1) is 16.0. The van der Waals surface area contributed by atoms with Crippen molar-refractivity contribution in [1.29, 1.82) is 0 Å². The van der Waals surface area contributed by atoms with Crippen molar-refractivity contribution in [3.8, 4) is 0 Å². The number of aromatic nitrogens is 3. The Labute approximate surface area is 199 Å². The molecule has 9 heteroatoms. The Bertz CT molecular complexity index is 908. The van der Waals surface area contributed by atoms with Crippen LogP contribution in [0, 0.1) is 0 Å². The first kappa shape index (κ1) is 25.8. The number of hydrogen-bond acceptors (Lipinski definition) is 6. The van der Waals surface area contributed by atoms with Gasteiger partial charge in [-0.15, -0.1) is 0 Å². The van der Waals surface area contributed by atoms with Crippen LogP contribution < -0.4 is 10.0 Å². The van der Waals surface area contributed by atoms with Gasteiger partial charge in [-0.3, -0.25) is 5.10 Å². The summed E-state index contributed by atoms with van der Waals surface area (Å²) in [6, 6.07) is 10.2. The van der Waals surface area contributed by atoms with Gasteiger partial charge in [0.25, 0.3) is 0 Å². The monoisotopic (exact) mass is 476 g/mol. The van der Waals surface area contributed by atoms with Crippen molar-refractivity contribution in [2.24, 2.45) is 0 Å². The molecule has 1 fully saturated rings. The van der Waals surface area contributed by atoms with Crippen LogP contribution in [0.3, 0.4) is 0 Å². The Morgan fingerprint density at radius 2 is 1.88 bits per heavy atom. The number of H-pyrrole nitrogens is 1. The normalized spacial score (nSPS) is 16.0. The van der Waals surface area contributed by atoms with E-state index >= 15 is 0 Å². The van der Waals surface area contributed by atoms with Gasteiger partial charge in [-0.05, 0) is 57.3 Å². The van der Waals surface area contributed by atoms with Gasteiger partial charge < -0.3 is 10.2 Å². The van der Waals surface area contributed by atoms with Gasteiger partial charge in [0.15, 0.2) is 5.82 Å².